The molecule has 1 N–H and O–H groups in total. The molecule has 0 spiro atoms. The molecule has 34 heavy (non-hydrogen) atoms. The molecule has 2 amide bonds. The maximum Gasteiger partial charge on any atom is 0.326 e. The third-order valence-corrected chi connectivity index (χ3v) is 6.66. The summed E-state index contributed by atoms with van der Waals surface area (Å²) in [6, 6.07) is 23.7. The van der Waals surface area contributed by atoms with Gasteiger partial charge in [-0.15, -0.1) is 0 Å². The molecule has 1 saturated heterocycles. The van der Waals surface area contributed by atoms with E-state index in [1.54, 1.807) is 41.3 Å². The monoisotopic (exact) mass is 479 g/mol. The number of hydrogen-bond acceptors (Lipinski definition) is 2. The van der Waals surface area contributed by atoms with Gasteiger partial charge in [-0.3, -0.25) is 4.90 Å². The van der Waals surface area contributed by atoms with Crippen molar-refractivity contribution in [3.05, 3.63) is 95.3 Å². The molecule has 6 heteroatoms. The molecular formula is C28H31ClFN3O. The van der Waals surface area contributed by atoms with Crippen LogP contribution in [0.2, 0.25) is 5.02 Å². The van der Waals surface area contributed by atoms with Gasteiger partial charge < -0.3 is 10.2 Å². The number of likely N-dealkylation sites (tertiary alicyclic amines) is 1. The molecule has 0 aromatic heterocycles. The zero-order chi connectivity index (χ0) is 23.8. The first-order chi connectivity index (χ1) is 16.6. The fourth-order valence-corrected chi connectivity index (χ4v) is 4.63. The van der Waals surface area contributed by atoms with Gasteiger partial charge in [0.25, 0.3) is 0 Å². The molecular weight excluding hydrogens is 449 g/mol. The van der Waals surface area contributed by atoms with Gasteiger partial charge >= 0.3 is 6.03 Å². The molecule has 1 aliphatic rings. The maximum absolute atomic E-state index is 13.1. The van der Waals surface area contributed by atoms with Crippen LogP contribution in [0, 0.1) is 11.7 Å². The highest BCUT2D eigenvalue weighted by Gasteiger charge is 2.21. The smallest absolute Gasteiger partial charge is 0.308 e. The number of piperidine rings is 1. The average Bonchev–Trinajstić information content (AvgIpc) is 2.86. The van der Waals surface area contributed by atoms with E-state index in [-0.39, 0.29) is 11.8 Å². The summed E-state index contributed by atoms with van der Waals surface area (Å²) >= 11 is 5.96. The number of carbonyl (C=O) groups is 1. The van der Waals surface area contributed by atoms with Crippen molar-refractivity contribution in [1.82, 2.24) is 4.90 Å². The predicted molar refractivity (Wildman–Crippen MR) is 138 cm³/mol. The SMILES string of the molecule is O=C(Nc1ccc(Cl)cc1)N(CCCN1CCC(Cc2ccc(F)cc2)CC1)c1ccccc1. The molecule has 0 radical (unpaired) electrons. The van der Waals surface area contributed by atoms with Crippen molar-refractivity contribution in [3.8, 4) is 0 Å². The van der Waals surface area contributed by atoms with Gasteiger partial charge in [0.1, 0.15) is 5.82 Å². The molecule has 0 aliphatic carbocycles. The number of anilines is 2. The highest BCUT2D eigenvalue weighted by atomic mass is 35.5. The number of halogens is 2. The first-order valence-electron chi connectivity index (χ1n) is 11.9. The number of urea groups is 1. The van der Waals surface area contributed by atoms with Crippen molar-refractivity contribution in [1.29, 1.82) is 0 Å². The van der Waals surface area contributed by atoms with E-state index in [2.05, 4.69) is 10.2 Å². The summed E-state index contributed by atoms with van der Waals surface area (Å²) in [5.41, 5.74) is 2.82. The van der Waals surface area contributed by atoms with E-state index in [9.17, 15) is 9.18 Å². The molecule has 3 aromatic carbocycles. The molecule has 0 saturated carbocycles. The Balaban J connectivity index is 1.27. The predicted octanol–water partition coefficient (Wildman–Crippen LogP) is 6.86. The van der Waals surface area contributed by atoms with Crippen LogP contribution in [0.5, 0.6) is 0 Å². The van der Waals surface area contributed by atoms with Crippen LogP contribution in [0.15, 0.2) is 78.9 Å². The summed E-state index contributed by atoms with van der Waals surface area (Å²) in [6.07, 6.45) is 4.21. The van der Waals surface area contributed by atoms with Gasteiger partial charge in [-0.1, -0.05) is 41.9 Å². The summed E-state index contributed by atoms with van der Waals surface area (Å²) in [7, 11) is 0. The highest BCUT2D eigenvalue weighted by Crippen LogP contribution is 2.23. The van der Waals surface area contributed by atoms with Gasteiger partial charge in [0.15, 0.2) is 0 Å². The van der Waals surface area contributed by atoms with Gasteiger partial charge in [-0.05, 0) is 105 Å². The molecule has 1 fully saturated rings. The van der Waals surface area contributed by atoms with Crippen molar-refractivity contribution >= 4 is 29.0 Å². The van der Waals surface area contributed by atoms with Gasteiger partial charge in [0.05, 0.1) is 0 Å². The minimum atomic E-state index is -0.176. The van der Waals surface area contributed by atoms with Gasteiger partial charge in [-0.25, -0.2) is 9.18 Å². The Hall–Kier alpha value is -2.89. The molecule has 3 aromatic rings. The van der Waals surface area contributed by atoms with Gasteiger partial charge in [0, 0.05) is 22.9 Å². The van der Waals surface area contributed by atoms with E-state index in [1.165, 1.54) is 5.56 Å². The Bertz CT molecular complexity index is 1040. The molecule has 0 unspecified atom stereocenters. The summed E-state index contributed by atoms with van der Waals surface area (Å²) in [6.45, 7) is 3.72. The number of amides is 2. The minimum Gasteiger partial charge on any atom is -0.308 e. The van der Waals surface area contributed by atoms with E-state index >= 15 is 0 Å². The van der Waals surface area contributed by atoms with Gasteiger partial charge in [-0.2, -0.15) is 0 Å². The number of hydrogen-bond donors (Lipinski definition) is 1. The summed E-state index contributed by atoms with van der Waals surface area (Å²) in [5.74, 6) is 0.470. The maximum atomic E-state index is 13.1. The van der Waals surface area contributed by atoms with Crippen LogP contribution in [-0.4, -0.2) is 37.1 Å². The Morgan fingerprint density at radius 2 is 1.65 bits per heavy atom. The normalized spacial score (nSPS) is 14.6. The van der Waals surface area contributed by atoms with E-state index in [0.29, 0.717) is 17.5 Å². The Morgan fingerprint density at radius 1 is 0.971 bits per heavy atom. The molecule has 0 bridgehead atoms. The average molecular weight is 480 g/mol. The quantitative estimate of drug-likeness (QED) is 0.383. The Morgan fingerprint density at radius 3 is 2.32 bits per heavy atom. The van der Waals surface area contributed by atoms with E-state index < -0.39 is 0 Å². The van der Waals surface area contributed by atoms with Crippen molar-refractivity contribution in [3.63, 3.8) is 0 Å². The Kier molecular flexibility index (Phi) is 8.56. The van der Waals surface area contributed by atoms with Crippen LogP contribution in [0.25, 0.3) is 0 Å². The standard InChI is InChI=1S/C28H31ClFN3O/c29-24-9-13-26(14-10-24)31-28(34)33(27-5-2-1-3-6-27)18-4-17-32-19-15-23(16-20-32)21-22-7-11-25(30)12-8-22/h1-3,5-14,23H,4,15-21H2,(H,31,34). The van der Waals surface area contributed by atoms with Gasteiger partial charge in [0.2, 0.25) is 0 Å². The van der Waals surface area contributed by atoms with Crippen LogP contribution in [0.3, 0.4) is 0 Å². The second-order valence-electron chi connectivity index (χ2n) is 8.89. The van der Waals surface area contributed by atoms with Crippen molar-refractivity contribution < 1.29 is 9.18 Å². The minimum absolute atomic E-state index is 0.147. The summed E-state index contributed by atoms with van der Waals surface area (Å²) < 4.78 is 13.1. The van der Waals surface area contributed by atoms with Crippen LogP contribution < -0.4 is 10.2 Å². The van der Waals surface area contributed by atoms with Crippen molar-refractivity contribution in [2.24, 2.45) is 5.92 Å². The zero-order valence-corrected chi connectivity index (χ0v) is 20.1. The number of nitrogens with one attached hydrogen (secondary N) is 1. The van der Waals surface area contributed by atoms with Crippen LogP contribution >= 0.6 is 11.6 Å². The van der Waals surface area contributed by atoms with Crippen LogP contribution in [0.4, 0.5) is 20.6 Å². The topological polar surface area (TPSA) is 35.6 Å². The third-order valence-electron chi connectivity index (χ3n) is 6.41. The molecule has 4 nitrogen and oxygen atoms in total. The lowest BCUT2D eigenvalue weighted by Crippen LogP contribution is -2.39. The second-order valence-corrected chi connectivity index (χ2v) is 9.33. The molecule has 178 valence electrons. The third kappa shape index (κ3) is 7.05. The first kappa shape index (κ1) is 24.2. The second kappa shape index (κ2) is 12.0. The van der Waals surface area contributed by atoms with E-state index in [4.69, 9.17) is 11.6 Å². The van der Waals surface area contributed by atoms with Crippen LogP contribution in [0.1, 0.15) is 24.8 Å². The lowest BCUT2D eigenvalue weighted by molar-refractivity contribution is 0.183. The van der Waals surface area contributed by atoms with Crippen molar-refractivity contribution in [2.45, 2.75) is 25.7 Å². The largest absolute Gasteiger partial charge is 0.326 e. The highest BCUT2D eigenvalue weighted by molar-refractivity contribution is 6.30. The number of nitrogens with zero attached hydrogens (tertiary/aromatic N) is 2. The van der Waals surface area contributed by atoms with Crippen molar-refractivity contribution in [2.75, 3.05) is 36.4 Å². The van der Waals surface area contributed by atoms with Crippen LogP contribution in [-0.2, 0) is 6.42 Å². The van der Waals surface area contributed by atoms with E-state index in [1.807, 2.05) is 42.5 Å². The molecule has 1 aliphatic heterocycles. The fraction of sp³-hybridized carbons (Fsp3) is 0.321. The molecule has 0 atom stereocenters. The number of rotatable bonds is 8. The molecule has 1 heterocycles. The lowest BCUT2D eigenvalue weighted by atomic mass is 9.90. The lowest BCUT2D eigenvalue weighted by Gasteiger charge is -2.32. The summed E-state index contributed by atoms with van der Waals surface area (Å²) in [4.78, 5) is 17.4. The number of para-hydroxylation sites is 1. The number of benzene rings is 3. The first-order valence-corrected chi connectivity index (χ1v) is 12.3. The summed E-state index contributed by atoms with van der Waals surface area (Å²) in [5, 5.41) is 3.62. The molecule has 4 rings (SSSR count). The Labute approximate surface area is 206 Å². The fourth-order valence-electron chi connectivity index (χ4n) is 4.50. The zero-order valence-electron chi connectivity index (χ0n) is 19.3. The number of carbonyl (C=O) groups excluding carboxylic acids is 1. The van der Waals surface area contributed by atoms with E-state index in [0.717, 1.165) is 56.7 Å².